The maximum absolute atomic E-state index is 11.9. The van der Waals surface area contributed by atoms with Crippen molar-refractivity contribution in [2.75, 3.05) is 31.9 Å². The minimum absolute atomic E-state index is 0.0950. The van der Waals surface area contributed by atoms with E-state index in [2.05, 4.69) is 17.1 Å². The molecule has 1 aliphatic carbocycles. The molecule has 3 nitrogen and oxygen atoms in total. The van der Waals surface area contributed by atoms with Crippen molar-refractivity contribution in [2.45, 2.75) is 44.8 Å². The highest BCUT2D eigenvalue weighted by molar-refractivity contribution is 8.00. The van der Waals surface area contributed by atoms with E-state index in [1.54, 1.807) is 11.8 Å². The Morgan fingerprint density at radius 3 is 2.61 bits per heavy atom. The number of carbonyl (C=O) groups excluding carboxylic acids is 1. The van der Waals surface area contributed by atoms with E-state index in [4.69, 9.17) is 0 Å². The van der Waals surface area contributed by atoms with Gasteiger partial charge in [-0.1, -0.05) is 6.92 Å². The Labute approximate surface area is 115 Å². The summed E-state index contributed by atoms with van der Waals surface area (Å²) in [5, 5.41) is 3.25. The van der Waals surface area contributed by atoms with E-state index in [0.29, 0.717) is 5.41 Å². The fraction of sp³-hybridized carbons (Fsp3) is 0.929. The molecule has 0 radical (unpaired) electrons. The zero-order chi connectivity index (χ0) is 13.0. The Bertz CT molecular complexity index is 286. The van der Waals surface area contributed by atoms with Crippen LogP contribution in [-0.2, 0) is 4.79 Å². The standard InChI is InChI=1S/C14H26N2OS/c1-3-18-12(2)13(17)15-10-14(6-7-14)11-16-8-4-5-9-16/h12H,3-11H2,1-2H3,(H,15,17). The summed E-state index contributed by atoms with van der Waals surface area (Å²) in [7, 11) is 0. The quantitative estimate of drug-likeness (QED) is 0.769. The fourth-order valence-electron chi connectivity index (χ4n) is 2.73. The Balaban J connectivity index is 1.70. The summed E-state index contributed by atoms with van der Waals surface area (Å²) in [4.78, 5) is 14.5. The van der Waals surface area contributed by atoms with Crippen LogP contribution in [0.4, 0.5) is 0 Å². The summed E-state index contributed by atoms with van der Waals surface area (Å²) in [5.74, 6) is 1.22. The lowest BCUT2D eigenvalue weighted by Crippen LogP contribution is -2.39. The molecule has 1 unspecified atom stereocenters. The van der Waals surface area contributed by atoms with Crippen molar-refractivity contribution in [2.24, 2.45) is 5.41 Å². The van der Waals surface area contributed by atoms with Crippen molar-refractivity contribution in [1.29, 1.82) is 0 Å². The van der Waals surface area contributed by atoms with Crippen molar-refractivity contribution in [3.05, 3.63) is 0 Å². The average Bonchev–Trinajstić information content (AvgIpc) is 2.92. The molecule has 2 fully saturated rings. The van der Waals surface area contributed by atoms with Crippen LogP contribution in [0.2, 0.25) is 0 Å². The molecule has 0 aromatic rings. The number of likely N-dealkylation sites (tertiary alicyclic amines) is 1. The molecule has 1 N–H and O–H groups in total. The maximum atomic E-state index is 11.9. The number of carbonyl (C=O) groups is 1. The second-order valence-electron chi connectivity index (χ2n) is 5.80. The van der Waals surface area contributed by atoms with Gasteiger partial charge in [-0.15, -0.1) is 11.8 Å². The van der Waals surface area contributed by atoms with Crippen molar-refractivity contribution in [3.63, 3.8) is 0 Å². The number of rotatable bonds is 7. The molecule has 2 rings (SSSR count). The summed E-state index contributed by atoms with van der Waals surface area (Å²) in [5.41, 5.74) is 0.413. The lowest BCUT2D eigenvalue weighted by Gasteiger charge is -2.23. The number of thioether (sulfide) groups is 1. The van der Waals surface area contributed by atoms with Gasteiger partial charge in [0.05, 0.1) is 5.25 Å². The van der Waals surface area contributed by atoms with E-state index in [1.165, 1.54) is 45.3 Å². The molecule has 1 saturated heterocycles. The van der Waals surface area contributed by atoms with Gasteiger partial charge in [0.2, 0.25) is 5.91 Å². The lowest BCUT2D eigenvalue weighted by molar-refractivity contribution is -0.120. The second kappa shape index (κ2) is 6.29. The first-order valence-electron chi connectivity index (χ1n) is 7.27. The van der Waals surface area contributed by atoms with Crippen LogP contribution >= 0.6 is 11.8 Å². The molecule has 1 aliphatic heterocycles. The van der Waals surface area contributed by atoms with Crippen LogP contribution in [0.25, 0.3) is 0 Å². The summed E-state index contributed by atoms with van der Waals surface area (Å²) in [6.45, 7) is 8.71. The topological polar surface area (TPSA) is 32.3 Å². The molecule has 1 atom stereocenters. The predicted molar refractivity (Wildman–Crippen MR) is 77.9 cm³/mol. The molecule has 0 aromatic carbocycles. The molecular weight excluding hydrogens is 244 g/mol. The molecular formula is C14H26N2OS. The van der Waals surface area contributed by atoms with Crippen LogP contribution in [0.5, 0.6) is 0 Å². The average molecular weight is 270 g/mol. The molecule has 104 valence electrons. The Hall–Kier alpha value is -0.220. The Kier molecular flexibility index (Phi) is 4.96. The van der Waals surface area contributed by atoms with Gasteiger partial charge in [0.15, 0.2) is 0 Å². The largest absolute Gasteiger partial charge is 0.355 e. The second-order valence-corrected chi connectivity index (χ2v) is 7.42. The van der Waals surface area contributed by atoms with Crippen molar-refractivity contribution in [1.82, 2.24) is 10.2 Å². The lowest BCUT2D eigenvalue weighted by atomic mass is 10.1. The first kappa shape index (κ1) is 14.2. The molecule has 0 bridgehead atoms. The third kappa shape index (κ3) is 3.89. The molecule has 0 spiro atoms. The van der Waals surface area contributed by atoms with Crippen LogP contribution in [0.3, 0.4) is 0 Å². The molecule has 18 heavy (non-hydrogen) atoms. The third-order valence-electron chi connectivity index (χ3n) is 4.14. The smallest absolute Gasteiger partial charge is 0.232 e. The number of amides is 1. The Morgan fingerprint density at radius 2 is 2.06 bits per heavy atom. The van der Waals surface area contributed by atoms with Gasteiger partial charge in [-0.25, -0.2) is 0 Å². The fourth-order valence-corrected chi connectivity index (χ4v) is 3.46. The maximum Gasteiger partial charge on any atom is 0.232 e. The van der Waals surface area contributed by atoms with Crippen LogP contribution in [0, 0.1) is 5.41 Å². The monoisotopic (exact) mass is 270 g/mol. The highest BCUT2D eigenvalue weighted by Gasteiger charge is 2.44. The van der Waals surface area contributed by atoms with Gasteiger partial charge < -0.3 is 10.2 Å². The van der Waals surface area contributed by atoms with E-state index in [9.17, 15) is 4.79 Å². The van der Waals surface area contributed by atoms with Crippen molar-refractivity contribution >= 4 is 17.7 Å². The highest BCUT2D eigenvalue weighted by Crippen LogP contribution is 2.46. The first-order valence-corrected chi connectivity index (χ1v) is 8.32. The van der Waals surface area contributed by atoms with Crippen LogP contribution in [0.1, 0.15) is 39.5 Å². The summed E-state index contributed by atoms with van der Waals surface area (Å²) in [6.07, 6.45) is 5.29. The minimum Gasteiger partial charge on any atom is -0.355 e. The SMILES string of the molecule is CCSC(C)C(=O)NCC1(CN2CCCC2)CC1. The van der Waals surface area contributed by atoms with E-state index in [0.717, 1.165) is 12.3 Å². The molecule has 1 amide bonds. The zero-order valence-electron chi connectivity index (χ0n) is 11.7. The number of hydrogen-bond acceptors (Lipinski definition) is 3. The van der Waals surface area contributed by atoms with Crippen molar-refractivity contribution in [3.8, 4) is 0 Å². The summed E-state index contributed by atoms with van der Waals surface area (Å²) < 4.78 is 0. The summed E-state index contributed by atoms with van der Waals surface area (Å²) in [6, 6.07) is 0. The van der Waals surface area contributed by atoms with Crippen LogP contribution < -0.4 is 5.32 Å². The number of hydrogen-bond donors (Lipinski definition) is 1. The number of nitrogens with one attached hydrogen (secondary N) is 1. The Morgan fingerprint density at radius 1 is 1.39 bits per heavy atom. The minimum atomic E-state index is 0.0950. The molecule has 0 aromatic heterocycles. The van der Waals surface area contributed by atoms with E-state index < -0.39 is 0 Å². The van der Waals surface area contributed by atoms with E-state index in [-0.39, 0.29) is 11.2 Å². The van der Waals surface area contributed by atoms with Gasteiger partial charge in [0.1, 0.15) is 0 Å². The normalized spacial score (nSPS) is 23.9. The highest BCUT2D eigenvalue weighted by atomic mass is 32.2. The van der Waals surface area contributed by atoms with Gasteiger partial charge in [-0.05, 0) is 51.4 Å². The molecule has 4 heteroatoms. The molecule has 1 saturated carbocycles. The predicted octanol–water partition coefficient (Wildman–Crippen LogP) is 2.12. The molecule has 2 aliphatic rings. The molecule has 1 heterocycles. The van der Waals surface area contributed by atoms with Gasteiger partial charge in [-0.2, -0.15) is 0 Å². The van der Waals surface area contributed by atoms with E-state index in [1.807, 2.05) is 6.92 Å². The van der Waals surface area contributed by atoms with Crippen LogP contribution in [-0.4, -0.2) is 48.0 Å². The summed E-state index contributed by atoms with van der Waals surface area (Å²) >= 11 is 1.72. The van der Waals surface area contributed by atoms with Gasteiger partial charge >= 0.3 is 0 Å². The number of nitrogens with zero attached hydrogens (tertiary/aromatic N) is 1. The first-order chi connectivity index (χ1) is 8.65. The van der Waals surface area contributed by atoms with Crippen LogP contribution in [0.15, 0.2) is 0 Å². The third-order valence-corrected chi connectivity index (χ3v) is 5.19. The van der Waals surface area contributed by atoms with Gasteiger partial charge in [-0.3, -0.25) is 4.79 Å². The zero-order valence-corrected chi connectivity index (χ0v) is 12.5. The van der Waals surface area contributed by atoms with Crippen molar-refractivity contribution < 1.29 is 4.79 Å². The van der Waals surface area contributed by atoms with E-state index >= 15 is 0 Å². The van der Waals surface area contributed by atoms with Gasteiger partial charge in [0, 0.05) is 18.5 Å². The van der Waals surface area contributed by atoms with Gasteiger partial charge in [0.25, 0.3) is 0 Å².